The summed E-state index contributed by atoms with van der Waals surface area (Å²) in [5, 5.41) is 0.703. The number of hydrogen-bond donors (Lipinski definition) is 0. The molecule has 5 rings (SSSR count). The van der Waals surface area contributed by atoms with E-state index in [-0.39, 0.29) is 23.5 Å². The molecule has 1 amide bonds. The number of aromatic nitrogens is 1. The molecule has 4 heterocycles. The first-order valence-electron chi connectivity index (χ1n) is 9.87. The lowest BCUT2D eigenvalue weighted by atomic mass is 9.70. The third-order valence-corrected chi connectivity index (χ3v) is 6.66. The van der Waals surface area contributed by atoms with Crippen LogP contribution >= 0.6 is 11.6 Å². The van der Waals surface area contributed by atoms with Gasteiger partial charge in [0.15, 0.2) is 6.39 Å². The number of amides is 1. The molecule has 0 aliphatic carbocycles. The molecule has 3 aliphatic heterocycles. The Morgan fingerprint density at radius 1 is 1.32 bits per heavy atom. The summed E-state index contributed by atoms with van der Waals surface area (Å²) in [6.07, 6.45) is 4.98. The molecule has 0 unspecified atom stereocenters. The van der Waals surface area contributed by atoms with Crippen LogP contribution in [-0.4, -0.2) is 41.1 Å². The lowest BCUT2D eigenvalue weighted by molar-refractivity contribution is -0.147. The molecule has 0 N–H and O–H groups in total. The van der Waals surface area contributed by atoms with E-state index < -0.39 is 0 Å². The highest BCUT2D eigenvalue weighted by Gasteiger charge is 2.53. The number of halogens is 1. The number of fused-ring (bicyclic) bond motifs is 4. The van der Waals surface area contributed by atoms with Gasteiger partial charge >= 0.3 is 0 Å². The highest BCUT2D eigenvalue weighted by molar-refractivity contribution is 6.30. The monoisotopic (exact) mass is 402 g/mol. The number of piperidine rings is 1. The van der Waals surface area contributed by atoms with Gasteiger partial charge in [-0.25, -0.2) is 4.98 Å². The minimum atomic E-state index is -0.306. The molecule has 1 spiro atoms. The first-order valence-corrected chi connectivity index (χ1v) is 10.2. The van der Waals surface area contributed by atoms with Gasteiger partial charge in [-0.3, -0.25) is 4.79 Å². The Hall–Kier alpha value is -2.05. The molecule has 1 aromatic heterocycles. The minimum absolute atomic E-state index is 0.00923. The zero-order valence-corrected chi connectivity index (χ0v) is 16.6. The summed E-state index contributed by atoms with van der Waals surface area (Å²) >= 11 is 6.23. The highest BCUT2D eigenvalue weighted by atomic mass is 35.5. The average molecular weight is 403 g/mol. The Kier molecular flexibility index (Phi) is 4.36. The maximum atomic E-state index is 12.8. The molecule has 0 bridgehead atoms. The fraction of sp³-hybridized carbons (Fsp3) is 0.524. The van der Waals surface area contributed by atoms with E-state index in [0.717, 1.165) is 43.6 Å². The Morgan fingerprint density at radius 3 is 2.89 bits per heavy atom. The summed E-state index contributed by atoms with van der Waals surface area (Å²) in [6.45, 7) is 3.81. The second-order valence-electron chi connectivity index (χ2n) is 7.95. The molecule has 1 aromatic carbocycles. The van der Waals surface area contributed by atoms with Gasteiger partial charge in [0.1, 0.15) is 11.4 Å². The van der Waals surface area contributed by atoms with Gasteiger partial charge in [0.2, 0.25) is 5.76 Å². The van der Waals surface area contributed by atoms with E-state index in [1.54, 1.807) is 6.92 Å². The van der Waals surface area contributed by atoms with Crippen molar-refractivity contribution >= 4 is 17.5 Å². The quantitative estimate of drug-likeness (QED) is 0.716. The van der Waals surface area contributed by atoms with E-state index in [9.17, 15) is 4.79 Å². The molecule has 0 radical (unpaired) electrons. The van der Waals surface area contributed by atoms with Crippen molar-refractivity contribution in [3.8, 4) is 5.75 Å². The second kappa shape index (κ2) is 6.78. The predicted molar refractivity (Wildman–Crippen MR) is 103 cm³/mol. The van der Waals surface area contributed by atoms with Crippen LogP contribution in [0.2, 0.25) is 5.02 Å². The fourth-order valence-corrected chi connectivity index (χ4v) is 5.15. The maximum Gasteiger partial charge on any atom is 0.291 e. The van der Waals surface area contributed by atoms with E-state index in [4.69, 9.17) is 25.5 Å². The van der Waals surface area contributed by atoms with Gasteiger partial charge in [-0.1, -0.05) is 11.6 Å². The van der Waals surface area contributed by atoms with Gasteiger partial charge in [-0.2, -0.15) is 0 Å². The second-order valence-corrected chi connectivity index (χ2v) is 8.38. The van der Waals surface area contributed by atoms with E-state index in [1.807, 2.05) is 23.1 Å². The molecule has 0 saturated carbocycles. The Balaban J connectivity index is 1.41. The third-order valence-electron chi connectivity index (χ3n) is 6.43. The van der Waals surface area contributed by atoms with E-state index in [1.165, 1.54) is 6.39 Å². The normalized spacial score (nSPS) is 25.7. The summed E-state index contributed by atoms with van der Waals surface area (Å²) in [6, 6.07) is 5.78. The largest absolute Gasteiger partial charge is 0.486 e. The summed E-state index contributed by atoms with van der Waals surface area (Å²) in [7, 11) is 0. The molecule has 28 heavy (non-hydrogen) atoms. The minimum Gasteiger partial charge on any atom is -0.486 e. The zero-order chi connectivity index (χ0) is 19.3. The van der Waals surface area contributed by atoms with Crippen LogP contribution in [0.5, 0.6) is 5.75 Å². The van der Waals surface area contributed by atoms with Crippen molar-refractivity contribution in [3.63, 3.8) is 0 Å². The smallest absolute Gasteiger partial charge is 0.291 e. The van der Waals surface area contributed by atoms with Gasteiger partial charge in [0.05, 0.1) is 11.8 Å². The number of ether oxygens (including phenoxy) is 2. The molecule has 3 aliphatic rings. The van der Waals surface area contributed by atoms with Crippen LogP contribution in [0, 0.1) is 12.8 Å². The van der Waals surface area contributed by atoms with Crippen molar-refractivity contribution in [2.24, 2.45) is 5.92 Å². The number of aryl methyl sites for hydroxylation is 1. The molecule has 7 heteroatoms. The number of rotatable bonds is 1. The molecule has 2 saturated heterocycles. The molecule has 2 fully saturated rings. The van der Waals surface area contributed by atoms with Crippen LogP contribution in [0.1, 0.15) is 53.6 Å². The van der Waals surface area contributed by atoms with Crippen molar-refractivity contribution in [2.75, 3.05) is 19.7 Å². The SMILES string of the molecule is Cc1ncoc1C(=O)N1CCC2(CC1)Oc1ccc(Cl)cc1[C@H]1OCCC[C@@H]12. The lowest BCUT2D eigenvalue weighted by Crippen LogP contribution is -2.57. The average Bonchev–Trinajstić information content (AvgIpc) is 3.15. The number of likely N-dealkylation sites (tertiary alicyclic amines) is 1. The van der Waals surface area contributed by atoms with Crippen LogP contribution in [-0.2, 0) is 4.74 Å². The van der Waals surface area contributed by atoms with Crippen molar-refractivity contribution in [2.45, 2.75) is 44.3 Å². The number of oxazole rings is 1. The predicted octanol–water partition coefficient (Wildman–Crippen LogP) is 4.17. The number of nitrogens with zero attached hydrogens (tertiary/aromatic N) is 2. The first-order chi connectivity index (χ1) is 13.6. The number of benzene rings is 1. The standard InChI is InChI=1S/C21H23ClN2O4/c1-13-18(27-12-23-13)20(25)24-8-6-21(7-9-24)16-3-2-10-26-19(16)15-11-14(22)4-5-17(15)28-21/h4-5,11-12,16,19H,2-3,6-10H2,1H3/t16-,19+/m0/s1. The van der Waals surface area contributed by atoms with E-state index >= 15 is 0 Å². The van der Waals surface area contributed by atoms with E-state index in [0.29, 0.717) is 29.6 Å². The van der Waals surface area contributed by atoms with Gasteiger partial charge in [-0.05, 0) is 38.0 Å². The van der Waals surface area contributed by atoms with Crippen LogP contribution in [0.3, 0.4) is 0 Å². The highest BCUT2D eigenvalue weighted by Crippen LogP contribution is 2.53. The molecule has 2 aromatic rings. The van der Waals surface area contributed by atoms with Crippen molar-refractivity contribution in [1.29, 1.82) is 0 Å². The van der Waals surface area contributed by atoms with Crippen molar-refractivity contribution < 1.29 is 18.7 Å². The number of carbonyl (C=O) groups is 1. The molecular formula is C21H23ClN2O4. The molecule has 148 valence electrons. The summed E-state index contributed by atoms with van der Waals surface area (Å²) in [4.78, 5) is 18.7. The molecular weight excluding hydrogens is 380 g/mol. The van der Waals surface area contributed by atoms with Gasteiger partial charge in [0, 0.05) is 49.0 Å². The van der Waals surface area contributed by atoms with Crippen LogP contribution in [0.4, 0.5) is 0 Å². The van der Waals surface area contributed by atoms with Crippen molar-refractivity contribution in [3.05, 3.63) is 46.6 Å². The number of hydrogen-bond acceptors (Lipinski definition) is 5. The van der Waals surface area contributed by atoms with Crippen molar-refractivity contribution in [1.82, 2.24) is 9.88 Å². The fourth-order valence-electron chi connectivity index (χ4n) is 4.97. The van der Waals surface area contributed by atoms with E-state index in [2.05, 4.69) is 4.98 Å². The Morgan fingerprint density at radius 2 is 2.14 bits per heavy atom. The summed E-state index contributed by atoms with van der Waals surface area (Å²) in [5.41, 5.74) is 1.38. The van der Waals surface area contributed by atoms with Crippen LogP contribution in [0.15, 0.2) is 29.0 Å². The van der Waals surface area contributed by atoms with Gasteiger partial charge in [-0.15, -0.1) is 0 Å². The number of carbonyl (C=O) groups excluding carboxylic acids is 1. The maximum absolute atomic E-state index is 12.8. The molecule has 6 nitrogen and oxygen atoms in total. The van der Waals surface area contributed by atoms with Crippen LogP contribution < -0.4 is 4.74 Å². The first kappa shape index (κ1) is 18.0. The lowest BCUT2D eigenvalue weighted by Gasteiger charge is -2.53. The zero-order valence-electron chi connectivity index (χ0n) is 15.8. The molecule has 2 atom stereocenters. The topological polar surface area (TPSA) is 64.8 Å². The van der Waals surface area contributed by atoms with Crippen LogP contribution in [0.25, 0.3) is 0 Å². The summed E-state index contributed by atoms with van der Waals surface area (Å²) in [5.74, 6) is 1.37. The summed E-state index contributed by atoms with van der Waals surface area (Å²) < 4.78 is 18.1. The van der Waals surface area contributed by atoms with Gasteiger partial charge < -0.3 is 18.8 Å². The Labute approximate surface area is 168 Å². The van der Waals surface area contributed by atoms with Gasteiger partial charge in [0.25, 0.3) is 5.91 Å². The Bertz CT molecular complexity index is 904. The third kappa shape index (κ3) is 2.81.